The summed E-state index contributed by atoms with van der Waals surface area (Å²) in [5.74, 6) is -0.0991. The molecule has 0 aromatic heterocycles. The lowest BCUT2D eigenvalue weighted by atomic mass is 9.75. The smallest absolute Gasteiger partial charge is 0.353 e. The summed E-state index contributed by atoms with van der Waals surface area (Å²) in [7, 11) is -3.96. The molecule has 174 valence electrons. The van der Waals surface area contributed by atoms with Crippen molar-refractivity contribution < 1.29 is 26.4 Å². The number of carbonyl (C=O) groups excluding carboxylic acids is 1. The summed E-state index contributed by atoms with van der Waals surface area (Å²) >= 11 is 0. The molecule has 0 bridgehead atoms. The molecule has 0 aliphatic heterocycles. The standard InChI is InChI=1S/C22H31F3N2O3S/c1-21(2,31(29,30)17-7-5-6-15(12-17)22(23,24)25)13-14-10-16(11-14)27-20(28)18-8-3-4-9-19(18)26/h5-7,12,14,16,18-19H,3-4,8-11,13,26H2,1-2H3,(H,27,28)/t14?,16?,18-,19+/m0/s1. The maximum absolute atomic E-state index is 13.1. The van der Waals surface area contributed by atoms with Crippen LogP contribution in [0.5, 0.6) is 0 Å². The molecule has 0 radical (unpaired) electrons. The highest BCUT2D eigenvalue weighted by molar-refractivity contribution is 7.92. The predicted molar refractivity (Wildman–Crippen MR) is 112 cm³/mol. The minimum atomic E-state index is -4.60. The predicted octanol–water partition coefficient (Wildman–Crippen LogP) is 4.06. The third-order valence-electron chi connectivity index (χ3n) is 6.72. The van der Waals surface area contributed by atoms with Gasteiger partial charge in [-0.15, -0.1) is 0 Å². The second-order valence-corrected chi connectivity index (χ2v) is 12.2. The Labute approximate surface area is 181 Å². The van der Waals surface area contributed by atoms with Crippen molar-refractivity contribution >= 4 is 15.7 Å². The zero-order valence-corrected chi connectivity index (χ0v) is 18.7. The molecule has 5 nitrogen and oxygen atoms in total. The van der Waals surface area contributed by atoms with Crippen LogP contribution in [0.15, 0.2) is 29.2 Å². The molecule has 0 unspecified atom stereocenters. The number of sulfone groups is 1. The molecule has 3 rings (SSSR count). The van der Waals surface area contributed by atoms with E-state index in [-0.39, 0.29) is 34.7 Å². The number of halogens is 3. The van der Waals surface area contributed by atoms with Gasteiger partial charge in [0, 0.05) is 12.1 Å². The normalized spacial score (nSPS) is 27.4. The van der Waals surface area contributed by atoms with Crippen LogP contribution in [0.3, 0.4) is 0 Å². The van der Waals surface area contributed by atoms with E-state index in [0.717, 1.165) is 37.8 Å². The molecular formula is C22H31F3N2O3S. The van der Waals surface area contributed by atoms with Crippen LogP contribution in [-0.4, -0.2) is 31.2 Å². The van der Waals surface area contributed by atoms with Crippen LogP contribution in [0.1, 0.15) is 64.4 Å². The number of hydrogen-bond donors (Lipinski definition) is 2. The molecule has 9 heteroatoms. The Morgan fingerprint density at radius 3 is 2.42 bits per heavy atom. The summed E-state index contributed by atoms with van der Waals surface area (Å²) in [6.07, 6.45) is 0.742. The van der Waals surface area contributed by atoms with Crippen LogP contribution in [0, 0.1) is 11.8 Å². The van der Waals surface area contributed by atoms with Gasteiger partial charge in [0.25, 0.3) is 0 Å². The van der Waals surface area contributed by atoms with Gasteiger partial charge in [-0.2, -0.15) is 13.2 Å². The highest BCUT2D eigenvalue weighted by Gasteiger charge is 2.43. The van der Waals surface area contributed by atoms with Crippen molar-refractivity contribution in [1.82, 2.24) is 5.32 Å². The fourth-order valence-electron chi connectivity index (χ4n) is 4.78. The molecule has 0 heterocycles. The topological polar surface area (TPSA) is 89.3 Å². The van der Waals surface area contributed by atoms with Gasteiger partial charge >= 0.3 is 6.18 Å². The summed E-state index contributed by atoms with van der Waals surface area (Å²) in [6, 6.07) is 3.79. The largest absolute Gasteiger partial charge is 0.416 e. The molecule has 31 heavy (non-hydrogen) atoms. The van der Waals surface area contributed by atoms with Crippen LogP contribution in [0.25, 0.3) is 0 Å². The van der Waals surface area contributed by atoms with Crippen molar-refractivity contribution in [2.45, 2.75) is 86.7 Å². The quantitative estimate of drug-likeness (QED) is 0.670. The van der Waals surface area contributed by atoms with E-state index in [2.05, 4.69) is 5.32 Å². The molecule has 2 saturated carbocycles. The third-order valence-corrected chi connectivity index (χ3v) is 9.21. The summed E-state index contributed by atoms with van der Waals surface area (Å²) in [6.45, 7) is 3.10. The van der Waals surface area contributed by atoms with Crippen LogP contribution < -0.4 is 11.1 Å². The average molecular weight is 461 g/mol. The molecule has 3 N–H and O–H groups in total. The van der Waals surface area contributed by atoms with Crippen molar-refractivity contribution in [2.75, 3.05) is 0 Å². The number of alkyl halides is 3. The average Bonchev–Trinajstić information content (AvgIpc) is 2.65. The Hall–Kier alpha value is -1.61. The van der Waals surface area contributed by atoms with Gasteiger partial charge in [0.05, 0.1) is 21.1 Å². The second kappa shape index (κ2) is 8.73. The monoisotopic (exact) mass is 460 g/mol. The zero-order valence-electron chi connectivity index (χ0n) is 17.9. The number of carbonyl (C=O) groups is 1. The number of nitrogens with one attached hydrogen (secondary N) is 1. The fourth-order valence-corrected chi connectivity index (χ4v) is 6.41. The van der Waals surface area contributed by atoms with E-state index in [1.165, 1.54) is 6.07 Å². The lowest BCUT2D eigenvalue weighted by molar-refractivity contribution is -0.137. The van der Waals surface area contributed by atoms with Crippen molar-refractivity contribution in [1.29, 1.82) is 0 Å². The van der Waals surface area contributed by atoms with E-state index >= 15 is 0 Å². The summed E-state index contributed by atoms with van der Waals surface area (Å²) in [5.41, 5.74) is 5.09. The molecule has 2 aliphatic carbocycles. The summed E-state index contributed by atoms with van der Waals surface area (Å²) in [5, 5.41) is 3.03. The number of rotatable bonds is 6. The van der Waals surface area contributed by atoms with Crippen molar-refractivity contribution in [3.8, 4) is 0 Å². The molecule has 1 amide bonds. The van der Waals surface area contributed by atoms with Gasteiger partial charge in [-0.1, -0.05) is 18.9 Å². The Kier molecular flexibility index (Phi) is 6.77. The van der Waals surface area contributed by atoms with Gasteiger partial charge in [0.15, 0.2) is 9.84 Å². The zero-order chi connectivity index (χ0) is 23.0. The SMILES string of the molecule is CC(C)(CC1CC(NC(=O)[C@H]2CCCC[C@H]2N)C1)S(=O)(=O)c1cccc(C(F)(F)F)c1. The third kappa shape index (κ3) is 5.25. The highest BCUT2D eigenvalue weighted by Crippen LogP contribution is 2.40. The Balaban J connectivity index is 1.58. The molecule has 2 aliphatic rings. The first-order valence-corrected chi connectivity index (χ1v) is 12.3. The van der Waals surface area contributed by atoms with Crippen LogP contribution in [0.2, 0.25) is 0 Å². The van der Waals surface area contributed by atoms with E-state index in [0.29, 0.717) is 25.3 Å². The summed E-state index contributed by atoms with van der Waals surface area (Å²) < 4.78 is 63.9. The van der Waals surface area contributed by atoms with Crippen LogP contribution in [-0.2, 0) is 20.8 Å². The first-order chi connectivity index (χ1) is 14.3. The van der Waals surface area contributed by atoms with Gasteiger partial charge < -0.3 is 11.1 Å². The van der Waals surface area contributed by atoms with Gasteiger partial charge in [0.2, 0.25) is 5.91 Å². The molecule has 0 saturated heterocycles. The van der Waals surface area contributed by atoms with Gasteiger partial charge in [-0.05, 0) is 70.1 Å². The van der Waals surface area contributed by atoms with E-state index in [9.17, 15) is 26.4 Å². The Morgan fingerprint density at radius 1 is 1.16 bits per heavy atom. The lowest BCUT2D eigenvalue weighted by Crippen LogP contribution is -2.51. The van der Waals surface area contributed by atoms with E-state index < -0.39 is 26.3 Å². The molecule has 0 spiro atoms. The minimum absolute atomic E-state index is 0.00121. The van der Waals surface area contributed by atoms with E-state index in [1.54, 1.807) is 13.8 Å². The fraction of sp³-hybridized carbons (Fsp3) is 0.682. The first kappa shape index (κ1) is 24.0. The first-order valence-electron chi connectivity index (χ1n) is 10.8. The molecule has 1 aromatic carbocycles. The second-order valence-electron chi connectivity index (χ2n) is 9.59. The molecule has 1 aromatic rings. The summed E-state index contributed by atoms with van der Waals surface area (Å²) in [4.78, 5) is 12.2. The van der Waals surface area contributed by atoms with Gasteiger partial charge in [0.1, 0.15) is 0 Å². The minimum Gasteiger partial charge on any atom is -0.353 e. The van der Waals surface area contributed by atoms with Crippen molar-refractivity contribution in [2.24, 2.45) is 17.6 Å². The molecule has 2 atom stereocenters. The Morgan fingerprint density at radius 2 is 1.81 bits per heavy atom. The van der Waals surface area contributed by atoms with E-state index in [4.69, 9.17) is 5.73 Å². The van der Waals surface area contributed by atoms with Crippen molar-refractivity contribution in [3.63, 3.8) is 0 Å². The van der Waals surface area contributed by atoms with Gasteiger partial charge in [-0.3, -0.25) is 4.79 Å². The van der Waals surface area contributed by atoms with Gasteiger partial charge in [-0.25, -0.2) is 8.42 Å². The lowest BCUT2D eigenvalue weighted by Gasteiger charge is -2.41. The number of benzene rings is 1. The van der Waals surface area contributed by atoms with Crippen LogP contribution >= 0.6 is 0 Å². The van der Waals surface area contributed by atoms with Crippen molar-refractivity contribution in [3.05, 3.63) is 29.8 Å². The number of amides is 1. The highest BCUT2D eigenvalue weighted by atomic mass is 32.2. The molecular weight excluding hydrogens is 429 g/mol. The number of nitrogens with two attached hydrogens (primary N) is 1. The van der Waals surface area contributed by atoms with Crippen LogP contribution in [0.4, 0.5) is 13.2 Å². The Bertz CT molecular complexity index is 909. The maximum atomic E-state index is 13.1. The number of hydrogen-bond acceptors (Lipinski definition) is 4. The molecule has 2 fully saturated rings. The maximum Gasteiger partial charge on any atom is 0.416 e. The van der Waals surface area contributed by atoms with E-state index in [1.807, 2.05) is 0 Å².